The fourth-order valence-corrected chi connectivity index (χ4v) is 2.06. The van der Waals surface area contributed by atoms with Crippen LogP contribution in [0.4, 0.5) is 0 Å². The normalized spacial score (nSPS) is 11.9. The van der Waals surface area contributed by atoms with E-state index in [1.165, 1.54) is 10.5 Å². The van der Waals surface area contributed by atoms with E-state index in [4.69, 9.17) is 5.11 Å². The first kappa shape index (κ1) is 16.2. The highest BCUT2D eigenvalue weighted by Gasteiger charge is 2.22. The van der Waals surface area contributed by atoms with E-state index < -0.39 is 5.97 Å². The van der Waals surface area contributed by atoms with Gasteiger partial charge in [-0.05, 0) is 37.5 Å². The molecule has 0 aromatic heterocycles. The van der Waals surface area contributed by atoms with Crippen LogP contribution in [0.5, 0.6) is 0 Å². The van der Waals surface area contributed by atoms with Gasteiger partial charge in [0, 0.05) is 11.6 Å². The summed E-state index contributed by atoms with van der Waals surface area (Å²) in [6.45, 7) is 5.66. The van der Waals surface area contributed by atoms with Gasteiger partial charge in [-0.2, -0.15) is 0 Å². The molecule has 0 saturated heterocycles. The number of nitrogens with zero attached hydrogens (tertiary/aromatic N) is 1. The molecule has 1 amide bonds. The van der Waals surface area contributed by atoms with Gasteiger partial charge in [0.2, 0.25) is 0 Å². The molecule has 1 rings (SSSR count). The second-order valence-electron chi connectivity index (χ2n) is 5.03. The molecule has 0 aliphatic carbocycles. The summed E-state index contributed by atoms with van der Waals surface area (Å²) in [5, 5.41) is 8.94. The lowest BCUT2D eigenvalue weighted by Gasteiger charge is -2.27. The van der Waals surface area contributed by atoms with Gasteiger partial charge in [-0.25, -0.2) is 0 Å². The van der Waals surface area contributed by atoms with Crippen molar-refractivity contribution in [1.82, 2.24) is 4.90 Å². The fraction of sp³-hybridized carbons (Fsp3) is 0.500. The van der Waals surface area contributed by atoms with Crippen molar-refractivity contribution in [2.45, 2.75) is 46.1 Å². The first-order chi connectivity index (χ1) is 9.49. The number of carbonyl (C=O) groups excluding carboxylic acids is 1. The Kier molecular flexibility index (Phi) is 6.22. The fourth-order valence-electron chi connectivity index (χ4n) is 2.06. The molecular weight excluding hydrogens is 254 g/mol. The molecule has 1 atom stereocenters. The summed E-state index contributed by atoms with van der Waals surface area (Å²) in [5.41, 5.74) is 1.74. The van der Waals surface area contributed by atoms with Crippen LogP contribution in [0, 0.1) is 0 Å². The number of benzene rings is 1. The van der Waals surface area contributed by atoms with E-state index in [2.05, 4.69) is 6.92 Å². The van der Waals surface area contributed by atoms with Crippen molar-refractivity contribution in [2.24, 2.45) is 0 Å². The molecule has 0 bridgehead atoms. The number of amides is 1. The molecule has 0 radical (unpaired) electrons. The highest BCUT2D eigenvalue weighted by atomic mass is 16.4. The smallest absolute Gasteiger partial charge is 0.323 e. The molecule has 4 nitrogen and oxygen atoms in total. The SMILES string of the molecule is CCCc1ccc(C(=O)N(CC(=O)O)C(C)CC)cc1. The Balaban J connectivity index is 2.90. The van der Waals surface area contributed by atoms with Crippen molar-refractivity contribution in [3.63, 3.8) is 0 Å². The molecule has 1 unspecified atom stereocenters. The van der Waals surface area contributed by atoms with E-state index in [1.54, 1.807) is 12.1 Å². The minimum Gasteiger partial charge on any atom is -0.480 e. The number of hydrogen-bond donors (Lipinski definition) is 1. The maximum absolute atomic E-state index is 12.4. The number of carbonyl (C=O) groups is 2. The Hall–Kier alpha value is -1.84. The van der Waals surface area contributed by atoms with Gasteiger partial charge in [-0.15, -0.1) is 0 Å². The summed E-state index contributed by atoms with van der Waals surface area (Å²) in [7, 11) is 0. The van der Waals surface area contributed by atoms with Crippen LogP contribution in [-0.2, 0) is 11.2 Å². The van der Waals surface area contributed by atoms with Gasteiger partial charge >= 0.3 is 5.97 Å². The van der Waals surface area contributed by atoms with Crippen LogP contribution in [0.3, 0.4) is 0 Å². The molecule has 0 saturated carbocycles. The van der Waals surface area contributed by atoms with Crippen LogP contribution < -0.4 is 0 Å². The summed E-state index contributed by atoms with van der Waals surface area (Å²) in [5.74, 6) is -1.20. The Morgan fingerprint density at radius 3 is 2.25 bits per heavy atom. The third-order valence-electron chi connectivity index (χ3n) is 3.43. The molecule has 1 aromatic carbocycles. The number of carboxylic acids is 1. The van der Waals surface area contributed by atoms with E-state index in [1.807, 2.05) is 26.0 Å². The minimum absolute atomic E-state index is 0.0890. The van der Waals surface area contributed by atoms with Crippen LogP contribution in [0.15, 0.2) is 24.3 Å². The zero-order valence-electron chi connectivity index (χ0n) is 12.4. The van der Waals surface area contributed by atoms with Crippen LogP contribution in [0.25, 0.3) is 0 Å². The Morgan fingerprint density at radius 1 is 1.20 bits per heavy atom. The quantitative estimate of drug-likeness (QED) is 0.833. The Morgan fingerprint density at radius 2 is 1.80 bits per heavy atom. The molecule has 20 heavy (non-hydrogen) atoms. The lowest BCUT2D eigenvalue weighted by atomic mass is 10.1. The van der Waals surface area contributed by atoms with Crippen molar-refractivity contribution in [2.75, 3.05) is 6.54 Å². The van der Waals surface area contributed by atoms with Crippen molar-refractivity contribution < 1.29 is 14.7 Å². The predicted molar refractivity (Wildman–Crippen MR) is 78.9 cm³/mol. The van der Waals surface area contributed by atoms with E-state index in [9.17, 15) is 9.59 Å². The van der Waals surface area contributed by atoms with Gasteiger partial charge in [0.15, 0.2) is 0 Å². The summed E-state index contributed by atoms with van der Waals surface area (Å²) in [4.78, 5) is 24.7. The highest BCUT2D eigenvalue weighted by Crippen LogP contribution is 2.13. The van der Waals surface area contributed by atoms with Gasteiger partial charge in [0.1, 0.15) is 6.54 Å². The zero-order valence-corrected chi connectivity index (χ0v) is 12.4. The maximum atomic E-state index is 12.4. The van der Waals surface area contributed by atoms with E-state index in [0.717, 1.165) is 19.3 Å². The average Bonchev–Trinajstić information content (AvgIpc) is 2.44. The Bertz CT molecular complexity index is 453. The molecule has 4 heteroatoms. The highest BCUT2D eigenvalue weighted by molar-refractivity contribution is 5.96. The second kappa shape index (κ2) is 7.68. The van der Waals surface area contributed by atoms with E-state index >= 15 is 0 Å². The van der Waals surface area contributed by atoms with E-state index in [0.29, 0.717) is 5.56 Å². The largest absolute Gasteiger partial charge is 0.480 e. The molecule has 0 aliphatic heterocycles. The van der Waals surface area contributed by atoms with Crippen LogP contribution in [0.2, 0.25) is 0 Å². The molecule has 1 N–H and O–H groups in total. The number of aliphatic carboxylic acids is 1. The monoisotopic (exact) mass is 277 g/mol. The van der Waals surface area contributed by atoms with Gasteiger partial charge in [0.25, 0.3) is 5.91 Å². The van der Waals surface area contributed by atoms with E-state index in [-0.39, 0.29) is 18.5 Å². The first-order valence-corrected chi connectivity index (χ1v) is 7.11. The number of hydrogen-bond acceptors (Lipinski definition) is 2. The molecule has 0 spiro atoms. The van der Waals surface area contributed by atoms with Gasteiger partial charge in [-0.3, -0.25) is 9.59 Å². The van der Waals surface area contributed by atoms with Gasteiger partial charge < -0.3 is 10.0 Å². The van der Waals surface area contributed by atoms with Crippen LogP contribution in [-0.4, -0.2) is 34.5 Å². The van der Waals surface area contributed by atoms with Crippen molar-refractivity contribution in [3.05, 3.63) is 35.4 Å². The first-order valence-electron chi connectivity index (χ1n) is 7.11. The average molecular weight is 277 g/mol. The molecular formula is C16H23NO3. The lowest BCUT2D eigenvalue weighted by Crippen LogP contribution is -2.41. The minimum atomic E-state index is -0.985. The number of carboxylic acid groups (broad SMARTS) is 1. The molecule has 110 valence electrons. The van der Waals surface area contributed by atoms with Crippen LogP contribution >= 0.6 is 0 Å². The predicted octanol–water partition coefficient (Wildman–Crippen LogP) is 2.96. The molecule has 1 aromatic rings. The molecule has 0 fully saturated rings. The van der Waals surface area contributed by atoms with Crippen LogP contribution in [0.1, 0.15) is 49.5 Å². The number of rotatable bonds is 7. The zero-order chi connectivity index (χ0) is 15.1. The third kappa shape index (κ3) is 4.37. The standard InChI is InChI=1S/C16H23NO3/c1-4-6-13-7-9-14(10-8-13)16(20)17(11-15(18)19)12(3)5-2/h7-10,12H,4-6,11H2,1-3H3,(H,18,19). The van der Waals surface area contributed by atoms with Crippen molar-refractivity contribution >= 4 is 11.9 Å². The Labute approximate surface area is 120 Å². The summed E-state index contributed by atoms with van der Waals surface area (Å²) in [6, 6.07) is 7.35. The second-order valence-corrected chi connectivity index (χ2v) is 5.03. The van der Waals surface area contributed by atoms with Crippen molar-refractivity contribution in [3.8, 4) is 0 Å². The maximum Gasteiger partial charge on any atom is 0.323 e. The molecule has 0 heterocycles. The van der Waals surface area contributed by atoms with Gasteiger partial charge in [-0.1, -0.05) is 32.4 Å². The summed E-state index contributed by atoms with van der Waals surface area (Å²) < 4.78 is 0. The van der Waals surface area contributed by atoms with Gasteiger partial charge in [0.05, 0.1) is 0 Å². The third-order valence-corrected chi connectivity index (χ3v) is 3.43. The summed E-state index contributed by atoms with van der Waals surface area (Å²) in [6.07, 6.45) is 2.77. The summed E-state index contributed by atoms with van der Waals surface area (Å²) >= 11 is 0. The van der Waals surface area contributed by atoms with Crippen molar-refractivity contribution in [1.29, 1.82) is 0 Å². The lowest BCUT2D eigenvalue weighted by molar-refractivity contribution is -0.138. The number of aryl methyl sites for hydroxylation is 1. The topological polar surface area (TPSA) is 57.6 Å². The molecule has 0 aliphatic rings.